The van der Waals surface area contributed by atoms with Crippen LogP contribution in [0.3, 0.4) is 0 Å². The fourth-order valence-electron chi connectivity index (χ4n) is 2.92. The summed E-state index contributed by atoms with van der Waals surface area (Å²) in [6, 6.07) is 11.8. The molecule has 0 bridgehead atoms. The van der Waals surface area contributed by atoms with Crippen molar-refractivity contribution in [3.8, 4) is 11.5 Å². The number of nitrogens with zero attached hydrogens (tertiary/aromatic N) is 2. The Kier molecular flexibility index (Phi) is 7.36. The van der Waals surface area contributed by atoms with Crippen molar-refractivity contribution in [3.63, 3.8) is 0 Å². The lowest BCUT2D eigenvalue weighted by molar-refractivity contribution is -0.122. The molecule has 0 saturated carbocycles. The molecule has 1 N–H and O–H groups in total. The zero-order chi connectivity index (χ0) is 22.4. The number of amidine groups is 1. The third-order valence-corrected chi connectivity index (χ3v) is 5.50. The number of thioether (sulfide) groups is 1. The van der Waals surface area contributed by atoms with Gasteiger partial charge in [0.2, 0.25) is 0 Å². The monoisotopic (exact) mass is 440 g/mol. The molecule has 162 valence electrons. The number of ether oxygens (including phenoxy) is 2. The second-order valence-electron chi connectivity index (χ2n) is 6.67. The predicted molar refractivity (Wildman–Crippen MR) is 122 cm³/mol. The van der Waals surface area contributed by atoms with Crippen molar-refractivity contribution < 1.29 is 24.2 Å². The lowest BCUT2D eigenvalue weighted by Crippen LogP contribution is -2.28. The molecule has 1 aliphatic heterocycles. The van der Waals surface area contributed by atoms with Crippen LogP contribution in [0.4, 0.5) is 5.69 Å². The quantitative estimate of drug-likeness (QED) is 0.593. The molecule has 0 aromatic heterocycles. The number of rotatable bonds is 8. The maximum Gasteiger partial charge on any atom is 0.335 e. The van der Waals surface area contributed by atoms with Crippen molar-refractivity contribution in [1.29, 1.82) is 0 Å². The molecule has 0 spiro atoms. The zero-order valence-electron chi connectivity index (χ0n) is 17.6. The van der Waals surface area contributed by atoms with Crippen molar-refractivity contribution in [2.45, 2.75) is 20.3 Å². The van der Waals surface area contributed by atoms with Gasteiger partial charge in [-0.05, 0) is 73.1 Å². The highest BCUT2D eigenvalue weighted by Crippen LogP contribution is 2.35. The van der Waals surface area contributed by atoms with Crippen LogP contribution in [0.15, 0.2) is 52.4 Å². The van der Waals surface area contributed by atoms with E-state index in [2.05, 4.69) is 4.99 Å². The minimum absolute atomic E-state index is 0.126. The summed E-state index contributed by atoms with van der Waals surface area (Å²) in [6.45, 7) is 4.99. The highest BCUT2D eigenvalue weighted by atomic mass is 32.2. The SMILES string of the molecule is CCCOc1ccc(/C=C2/SC(=Nc3ccc(C(=O)O)cc3)N(CC)C2=O)cc1OC. The Morgan fingerprint density at radius 3 is 2.52 bits per heavy atom. The molecule has 1 aliphatic rings. The van der Waals surface area contributed by atoms with E-state index in [0.29, 0.717) is 40.4 Å². The van der Waals surface area contributed by atoms with Gasteiger partial charge in [0.05, 0.1) is 29.9 Å². The molecule has 8 heteroatoms. The maximum atomic E-state index is 12.9. The molecule has 1 amide bonds. The summed E-state index contributed by atoms with van der Waals surface area (Å²) in [7, 11) is 1.58. The predicted octanol–water partition coefficient (Wildman–Crippen LogP) is 4.81. The maximum absolute atomic E-state index is 12.9. The van der Waals surface area contributed by atoms with Crippen molar-refractivity contribution in [3.05, 3.63) is 58.5 Å². The molecule has 31 heavy (non-hydrogen) atoms. The number of hydrogen-bond donors (Lipinski definition) is 1. The largest absolute Gasteiger partial charge is 0.493 e. The molecule has 0 radical (unpaired) electrons. The Hall–Kier alpha value is -3.26. The van der Waals surface area contributed by atoms with Gasteiger partial charge in [-0.3, -0.25) is 9.69 Å². The normalized spacial score (nSPS) is 16.2. The van der Waals surface area contributed by atoms with E-state index in [1.807, 2.05) is 32.0 Å². The van der Waals surface area contributed by atoms with Crippen LogP contribution in [0.1, 0.15) is 36.2 Å². The Balaban J connectivity index is 1.86. The highest BCUT2D eigenvalue weighted by molar-refractivity contribution is 8.18. The van der Waals surface area contributed by atoms with Crippen LogP contribution in [0.5, 0.6) is 11.5 Å². The van der Waals surface area contributed by atoms with Crippen LogP contribution >= 0.6 is 11.8 Å². The van der Waals surface area contributed by atoms with E-state index in [0.717, 1.165) is 12.0 Å². The van der Waals surface area contributed by atoms with Gasteiger partial charge in [0.25, 0.3) is 5.91 Å². The number of likely N-dealkylation sites (N-methyl/N-ethyl adjacent to an activating group) is 1. The van der Waals surface area contributed by atoms with Gasteiger partial charge in [0, 0.05) is 6.54 Å². The Bertz CT molecular complexity index is 1030. The van der Waals surface area contributed by atoms with Crippen molar-refractivity contribution >= 4 is 40.6 Å². The number of aromatic carboxylic acids is 1. The number of carbonyl (C=O) groups is 2. The standard InChI is InChI=1S/C23H24N2O5S/c1-4-12-30-18-11-6-15(13-19(18)29-3)14-20-21(26)25(5-2)23(31-20)24-17-9-7-16(8-10-17)22(27)28/h6-11,13-14H,4-5,12H2,1-3H3,(H,27,28)/b20-14+,24-23?. The number of benzene rings is 2. The first-order valence-corrected chi connectivity index (χ1v) is 10.7. The van der Waals surface area contributed by atoms with Gasteiger partial charge in [-0.25, -0.2) is 9.79 Å². The highest BCUT2D eigenvalue weighted by Gasteiger charge is 2.32. The summed E-state index contributed by atoms with van der Waals surface area (Å²) < 4.78 is 11.1. The molecular weight excluding hydrogens is 416 g/mol. The molecule has 0 aliphatic carbocycles. The van der Waals surface area contributed by atoms with E-state index in [1.54, 1.807) is 30.2 Å². The van der Waals surface area contributed by atoms with E-state index in [-0.39, 0.29) is 11.5 Å². The molecule has 0 atom stereocenters. The Labute approximate surface area is 185 Å². The van der Waals surface area contributed by atoms with Crippen molar-refractivity contribution in [1.82, 2.24) is 4.90 Å². The summed E-state index contributed by atoms with van der Waals surface area (Å²) in [6.07, 6.45) is 2.70. The zero-order valence-corrected chi connectivity index (χ0v) is 18.4. The molecule has 7 nitrogen and oxygen atoms in total. The second kappa shape index (κ2) is 10.2. The molecule has 1 saturated heterocycles. The van der Waals surface area contributed by atoms with E-state index >= 15 is 0 Å². The molecule has 1 fully saturated rings. The number of carbonyl (C=O) groups excluding carboxylic acids is 1. The minimum atomic E-state index is -0.994. The second-order valence-corrected chi connectivity index (χ2v) is 7.67. The first-order chi connectivity index (χ1) is 15.0. The van der Waals surface area contributed by atoms with Gasteiger partial charge in [-0.15, -0.1) is 0 Å². The lowest BCUT2D eigenvalue weighted by atomic mass is 10.2. The Morgan fingerprint density at radius 1 is 1.16 bits per heavy atom. The van der Waals surface area contributed by atoms with Crippen LogP contribution in [0.25, 0.3) is 6.08 Å². The first kappa shape index (κ1) is 22.4. The third kappa shape index (κ3) is 5.27. The number of carboxylic acids is 1. The number of hydrogen-bond acceptors (Lipinski definition) is 6. The molecule has 2 aromatic rings. The topological polar surface area (TPSA) is 88.4 Å². The molecule has 0 unspecified atom stereocenters. The van der Waals surface area contributed by atoms with Crippen LogP contribution in [-0.4, -0.2) is 47.3 Å². The summed E-state index contributed by atoms with van der Waals surface area (Å²) in [5.41, 5.74) is 1.59. The van der Waals surface area contributed by atoms with Crippen LogP contribution in [-0.2, 0) is 4.79 Å². The fraction of sp³-hybridized carbons (Fsp3) is 0.261. The van der Waals surface area contributed by atoms with Crippen molar-refractivity contribution in [2.75, 3.05) is 20.3 Å². The Morgan fingerprint density at radius 2 is 1.90 bits per heavy atom. The third-order valence-electron chi connectivity index (χ3n) is 4.49. The lowest BCUT2D eigenvalue weighted by Gasteiger charge is -2.12. The average Bonchev–Trinajstić information content (AvgIpc) is 3.06. The van der Waals surface area contributed by atoms with Crippen LogP contribution in [0, 0.1) is 0 Å². The molecule has 2 aromatic carbocycles. The van der Waals surface area contributed by atoms with Gasteiger partial charge in [0.15, 0.2) is 16.7 Å². The number of amides is 1. The summed E-state index contributed by atoms with van der Waals surface area (Å²) >= 11 is 1.28. The average molecular weight is 441 g/mol. The van der Waals surface area contributed by atoms with Crippen LogP contribution < -0.4 is 9.47 Å². The van der Waals surface area contributed by atoms with Gasteiger partial charge in [-0.2, -0.15) is 0 Å². The van der Waals surface area contributed by atoms with E-state index in [1.165, 1.54) is 23.9 Å². The first-order valence-electron chi connectivity index (χ1n) is 9.91. The van der Waals surface area contributed by atoms with E-state index < -0.39 is 5.97 Å². The van der Waals surface area contributed by atoms with Gasteiger partial charge >= 0.3 is 5.97 Å². The number of aliphatic imine (C=N–C) groups is 1. The molecule has 3 rings (SSSR count). The van der Waals surface area contributed by atoms with Crippen LogP contribution in [0.2, 0.25) is 0 Å². The van der Waals surface area contributed by atoms with Gasteiger partial charge in [0.1, 0.15) is 0 Å². The minimum Gasteiger partial charge on any atom is -0.493 e. The number of methoxy groups -OCH3 is 1. The fourth-order valence-corrected chi connectivity index (χ4v) is 3.98. The van der Waals surface area contributed by atoms with Crippen molar-refractivity contribution in [2.24, 2.45) is 4.99 Å². The summed E-state index contributed by atoms with van der Waals surface area (Å²) in [4.78, 5) is 30.6. The molecular formula is C23H24N2O5S. The van der Waals surface area contributed by atoms with Gasteiger partial charge in [-0.1, -0.05) is 13.0 Å². The van der Waals surface area contributed by atoms with E-state index in [9.17, 15) is 9.59 Å². The molecule has 1 heterocycles. The smallest absolute Gasteiger partial charge is 0.335 e. The summed E-state index contributed by atoms with van der Waals surface area (Å²) in [5.74, 6) is 0.155. The summed E-state index contributed by atoms with van der Waals surface area (Å²) in [5, 5.41) is 9.58. The van der Waals surface area contributed by atoms with Gasteiger partial charge < -0.3 is 14.6 Å². The number of carboxylic acid groups (broad SMARTS) is 1. The van der Waals surface area contributed by atoms with E-state index in [4.69, 9.17) is 14.6 Å².